The summed E-state index contributed by atoms with van der Waals surface area (Å²) in [6.07, 6.45) is 0.204. The molecule has 1 aromatic heterocycles. The Morgan fingerprint density at radius 3 is 2.76 bits per heavy atom. The Kier molecular flexibility index (Phi) is 4.96. The fourth-order valence-electron chi connectivity index (χ4n) is 2.01. The van der Waals surface area contributed by atoms with Crippen LogP contribution in [0.1, 0.15) is 27.4 Å². The van der Waals surface area contributed by atoms with Gasteiger partial charge in [-0.1, -0.05) is 6.07 Å². The molecule has 0 saturated heterocycles. The molecule has 2 rings (SSSR count). The second-order valence-corrected chi connectivity index (χ2v) is 5.92. The maximum Gasteiger partial charge on any atom is 0.311 e. The summed E-state index contributed by atoms with van der Waals surface area (Å²) in [5.74, 6) is 0.607. The van der Waals surface area contributed by atoms with Gasteiger partial charge in [0.25, 0.3) is 0 Å². The largest absolute Gasteiger partial charge is 0.486 e. The molecular weight excluding hydrogens is 286 g/mol. The molecule has 2 aromatic rings. The third kappa shape index (κ3) is 4.04. The summed E-state index contributed by atoms with van der Waals surface area (Å²) < 4.78 is 10.5. The van der Waals surface area contributed by atoms with Crippen LogP contribution in [0.2, 0.25) is 0 Å². The van der Waals surface area contributed by atoms with E-state index >= 15 is 0 Å². The lowest BCUT2D eigenvalue weighted by molar-refractivity contribution is -0.139. The first-order chi connectivity index (χ1) is 9.99. The fourth-order valence-corrected chi connectivity index (χ4v) is 2.71. The van der Waals surface area contributed by atoms with Crippen molar-refractivity contribution in [3.8, 4) is 5.75 Å². The Morgan fingerprint density at radius 1 is 1.29 bits per heavy atom. The molecule has 0 atom stereocenters. The zero-order valence-corrected chi connectivity index (χ0v) is 13.5. The lowest BCUT2D eigenvalue weighted by atomic mass is 10.1. The molecule has 112 valence electrons. The number of ether oxygens (including phenoxy) is 2. The summed E-state index contributed by atoms with van der Waals surface area (Å²) in [6.45, 7) is 6.59. The molecule has 0 bridgehead atoms. The summed E-state index contributed by atoms with van der Waals surface area (Å²) >= 11 is 1.49. The van der Waals surface area contributed by atoms with Crippen LogP contribution in [0, 0.1) is 20.8 Å². The van der Waals surface area contributed by atoms with Crippen LogP contribution in [0.4, 0.5) is 0 Å². The summed E-state index contributed by atoms with van der Waals surface area (Å²) in [5, 5.41) is 2.72. The van der Waals surface area contributed by atoms with Crippen LogP contribution in [-0.2, 0) is 22.6 Å². The van der Waals surface area contributed by atoms with E-state index in [-0.39, 0.29) is 12.4 Å². The molecule has 4 nitrogen and oxygen atoms in total. The molecular formula is C16H19NO3S. The monoisotopic (exact) mass is 305 g/mol. The van der Waals surface area contributed by atoms with Crippen LogP contribution >= 0.6 is 11.3 Å². The van der Waals surface area contributed by atoms with Crippen molar-refractivity contribution in [2.24, 2.45) is 0 Å². The predicted octanol–water partition coefficient (Wildman–Crippen LogP) is 3.36. The van der Waals surface area contributed by atoms with Gasteiger partial charge >= 0.3 is 5.97 Å². The second-order valence-electron chi connectivity index (χ2n) is 4.98. The molecule has 0 saturated carbocycles. The summed E-state index contributed by atoms with van der Waals surface area (Å²) in [4.78, 5) is 15.6. The van der Waals surface area contributed by atoms with Crippen LogP contribution < -0.4 is 4.74 Å². The molecule has 21 heavy (non-hydrogen) atoms. The third-order valence-corrected chi connectivity index (χ3v) is 4.14. The highest BCUT2D eigenvalue weighted by molar-refractivity contribution is 7.09. The van der Waals surface area contributed by atoms with Crippen molar-refractivity contribution in [3.63, 3.8) is 0 Å². The molecule has 0 aliphatic carbocycles. The Morgan fingerprint density at radius 2 is 2.05 bits per heavy atom. The lowest BCUT2D eigenvalue weighted by Gasteiger charge is -2.11. The molecule has 1 aromatic carbocycles. The third-order valence-electron chi connectivity index (χ3n) is 3.27. The molecule has 0 aliphatic rings. The summed E-state index contributed by atoms with van der Waals surface area (Å²) in [6, 6.07) is 4.17. The Bertz CT molecular complexity index is 649. The van der Waals surface area contributed by atoms with Gasteiger partial charge in [0.15, 0.2) is 0 Å². The average molecular weight is 305 g/mol. The molecule has 0 amide bonds. The maximum absolute atomic E-state index is 11.2. The molecule has 0 radical (unpaired) electrons. The van der Waals surface area contributed by atoms with Crippen LogP contribution in [0.5, 0.6) is 5.75 Å². The number of benzene rings is 1. The summed E-state index contributed by atoms with van der Waals surface area (Å²) in [5.41, 5.74) is 4.27. The highest BCUT2D eigenvalue weighted by Gasteiger charge is 2.09. The number of thiazole rings is 1. The van der Waals surface area contributed by atoms with E-state index in [1.807, 2.05) is 11.4 Å². The van der Waals surface area contributed by atoms with Crippen molar-refractivity contribution in [1.82, 2.24) is 4.98 Å². The smallest absolute Gasteiger partial charge is 0.311 e. The van der Waals surface area contributed by atoms with E-state index in [4.69, 9.17) is 4.74 Å². The van der Waals surface area contributed by atoms with Crippen molar-refractivity contribution in [3.05, 3.63) is 44.9 Å². The van der Waals surface area contributed by atoms with Crippen molar-refractivity contribution in [2.75, 3.05) is 7.11 Å². The minimum atomic E-state index is -0.280. The predicted molar refractivity (Wildman–Crippen MR) is 82.8 cm³/mol. The van der Waals surface area contributed by atoms with E-state index in [0.29, 0.717) is 6.61 Å². The van der Waals surface area contributed by atoms with Crippen LogP contribution in [0.3, 0.4) is 0 Å². The Balaban J connectivity index is 2.02. The van der Waals surface area contributed by atoms with Gasteiger partial charge < -0.3 is 9.47 Å². The summed E-state index contributed by atoms with van der Waals surface area (Å²) in [7, 11) is 1.38. The van der Waals surface area contributed by atoms with Crippen molar-refractivity contribution < 1.29 is 14.3 Å². The molecule has 1 heterocycles. The van der Waals surface area contributed by atoms with Crippen LogP contribution in [0.15, 0.2) is 17.5 Å². The molecule has 5 heteroatoms. The minimum absolute atomic E-state index is 0.204. The standard InChI is InChI=1S/C16H19NO3S/c1-10-5-11(2)12(3)14(6-10)20-8-15-17-13(9-21-15)7-16(18)19-4/h5-6,9H,7-8H2,1-4H3. The number of aryl methyl sites for hydroxylation is 2. The van der Waals surface area contributed by atoms with Gasteiger partial charge in [-0.15, -0.1) is 11.3 Å². The first kappa shape index (κ1) is 15.5. The SMILES string of the molecule is COC(=O)Cc1csc(COc2cc(C)cc(C)c2C)n1. The number of aromatic nitrogens is 1. The lowest BCUT2D eigenvalue weighted by Crippen LogP contribution is -2.05. The Hall–Kier alpha value is -1.88. The van der Waals surface area contributed by atoms with Crippen LogP contribution in [0.25, 0.3) is 0 Å². The first-order valence-electron chi connectivity index (χ1n) is 6.70. The minimum Gasteiger partial charge on any atom is -0.486 e. The van der Waals surface area contributed by atoms with Gasteiger partial charge in [-0.25, -0.2) is 4.98 Å². The number of nitrogens with zero attached hydrogens (tertiary/aromatic N) is 1. The van der Waals surface area contributed by atoms with E-state index in [1.165, 1.54) is 29.6 Å². The molecule has 0 spiro atoms. The normalized spacial score (nSPS) is 10.5. The van der Waals surface area contributed by atoms with Gasteiger partial charge in [0.1, 0.15) is 17.4 Å². The maximum atomic E-state index is 11.2. The molecule has 0 aliphatic heterocycles. The number of esters is 1. The van der Waals surface area contributed by atoms with E-state index in [1.54, 1.807) is 0 Å². The van der Waals surface area contributed by atoms with Gasteiger partial charge in [0, 0.05) is 5.38 Å². The zero-order chi connectivity index (χ0) is 15.4. The highest BCUT2D eigenvalue weighted by Crippen LogP contribution is 2.24. The van der Waals surface area contributed by atoms with E-state index < -0.39 is 0 Å². The van der Waals surface area contributed by atoms with E-state index in [0.717, 1.165) is 22.0 Å². The fraction of sp³-hybridized carbons (Fsp3) is 0.375. The Labute approximate surface area is 128 Å². The number of hydrogen-bond acceptors (Lipinski definition) is 5. The molecule has 0 unspecified atom stereocenters. The number of rotatable bonds is 5. The average Bonchev–Trinajstić information content (AvgIpc) is 2.88. The number of carbonyl (C=O) groups excluding carboxylic acids is 1. The number of hydrogen-bond donors (Lipinski definition) is 0. The second kappa shape index (κ2) is 6.72. The number of methoxy groups -OCH3 is 1. The van der Waals surface area contributed by atoms with Gasteiger partial charge in [-0.3, -0.25) is 4.79 Å². The zero-order valence-electron chi connectivity index (χ0n) is 12.7. The van der Waals surface area contributed by atoms with Gasteiger partial charge in [-0.05, 0) is 43.5 Å². The van der Waals surface area contributed by atoms with Gasteiger partial charge in [0.05, 0.1) is 19.2 Å². The topological polar surface area (TPSA) is 48.4 Å². The van der Waals surface area contributed by atoms with Gasteiger partial charge in [0.2, 0.25) is 0 Å². The van der Waals surface area contributed by atoms with Crippen LogP contribution in [-0.4, -0.2) is 18.1 Å². The highest BCUT2D eigenvalue weighted by atomic mass is 32.1. The first-order valence-corrected chi connectivity index (χ1v) is 7.58. The van der Waals surface area contributed by atoms with Crippen molar-refractivity contribution in [1.29, 1.82) is 0 Å². The number of carbonyl (C=O) groups is 1. The van der Waals surface area contributed by atoms with Gasteiger partial charge in [-0.2, -0.15) is 0 Å². The van der Waals surface area contributed by atoms with E-state index in [2.05, 4.69) is 36.6 Å². The van der Waals surface area contributed by atoms with E-state index in [9.17, 15) is 4.79 Å². The van der Waals surface area contributed by atoms with Crippen molar-refractivity contribution in [2.45, 2.75) is 33.8 Å². The molecule has 0 N–H and O–H groups in total. The van der Waals surface area contributed by atoms with Crippen molar-refractivity contribution >= 4 is 17.3 Å². The molecule has 0 fully saturated rings. The quantitative estimate of drug-likeness (QED) is 0.795.